The molecule has 0 saturated carbocycles. The first-order chi connectivity index (χ1) is 7.79. The largest absolute Gasteiger partial charge is 0.478 e. The van der Waals surface area contributed by atoms with E-state index in [0.29, 0.717) is 6.42 Å². The molecule has 0 aliphatic rings. The lowest BCUT2D eigenvalue weighted by Crippen LogP contribution is -2.10. The van der Waals surface area contributed by atoms with Crippen molar-refractivity contribution in [2.24, 2.45) is 5.41 Å². The second kappa shape index (κ2) is 13.8. The Morgan fingerprint density at radius 3 is 1.26 bits per heavy atom. The number of carboxylic acid groups (broad SMARTS) is 1. The Morgan fingerprint density at radius 1 is 1.00 bits per heavy atom. The minimum atomic E-state index is -0.894. The van der Waals surface area contributed by atoms with E-state index in [0.717, 1.165) is 0 Å². The minimum absolute atomic E-state index is 0. The van der Waals surface area contributed by atoms with E-state index in [-0.39, 0.29) is 23.4 Å². The van der Waals surface area contributed by atoms with Crippen molar-refractivity contribution in [3.63, 3.8) is 0 Å². The molecule has 0 aliphatic heterocycles. The molecule has 0 radical (unpaired) electrons. The molecule has 0 rings (SSSR count). The molecule has 0 spiro atoms. The Labute approximate surface area is 125 Å². The Balaban J connectivity index is -0.000000105. The highest BCUT2D eigenvalue weighted by Crippen LogP contribution is 2.22. The lowest BCUT2D eigenvalue weighted by atomic mass is 9.88. The van der Waals surface area contributed by atoms with Crippen LogP contribution in [-0.4, -0.2) is 63.2 Å². The molecule has 1 N–H and O–H groups in total. The molecule has 0 aliphatic carbocycles. The second-order valence-corrected chi connectivity index (χ2v) is 6.33. The molecule has 0 aromatic carbocycles. The number of nitrogens with zero attached hydrogens (tertiary/aromatic N) is 2. The van der Waals surface area contributed by atoms with Gasteiger partial charge in [0.2, 0.25) is 0 Å². The first-order valence-electron chi connectivity index (χ1n) is 5.92. The first kappa shape index (κ1) is 26.9. The van der Waals surface area contributed by atoms with Gasteiger partial charge in [-0.15, -0.1) is 12.4 Å². The van der Waals surface area contributed by atoms with Crippen molar-refractivity contribution in [1.29, 1.82) is 0 Å². The average Bonchev–Trinajstić information content (AvgIpc) is 1.97. The number of halogens is 1. The standard InChI is InChI=1S/C8H14O2.2C3H9N.ClH/c1-6(7(9)10)5-8(2,3)4;2*1-4(2)3;/h1,5H2,2-4H3,(H,9,10);2*1-3H3;1H. The number of rotatable bonds is 2. The topological polar surface area (TPSA) is 43.8 Å². The third kappa shape index (κ3) is 58.4. The van der Waals surface area contributed by atoms with Crippen molar-refractivity contribution >= 4 is 18.4 Å². The van der Waals surface area contributed by atoms with Crippen LogP contribution in [0.3, 0.4) is 0 Å². The fourth-order valence-corrected chi connectivity index (χ4v) is 0.716. The maximum absolute atomic E-state index is 10.3. The van der Waals surface area contributed by atoms with Crippen LogP contribution in [0.2, 0.25) is 0 Å². The fourth-order valence-electron chi connectivity index (χ4n) is 0.716. The van der Waals surface area contributed by atoms with Gasteiger partial charge in [0.15, 0.2) is 0 Å². The van der Waals surface area contributed by atoms with E-state index < -0.39 is 5.97 Å². The number of hydrogen-bond donors (Lipinski definition) is 1. The molecule has 0 bridgehead atoms. The summed E-state index contributed by atoms with van der Waals surface area (Å²) in [6, 6.07) is 0. The molecule has 0 unspecified atom stereocenters. The summed E-state index contributed by atoms with van der Waals surface area (Å²) in [5.74, 6) is -0.894. The van der Waals surface area contributed by atoms with Crippen LogP contribution in [0, 0.1) is 5.41 Å². The molecule has 0 atom stereocenters. The molecule has 4 nitrogen and oxygen atoms in total. The van der Waals surface area contributed by atoms with Gasteiger partial charge in [0, 0.05) is 5.57 Å². The zero-order chi connectivity index (χ0) is 15.5. The van der Waals surface area contributed by atoms with Gasteiger partial charge in [-0.25, -0.2) is 4.79 Å². The molecule has 0 fully saturated rings. The van der Waals surface area contributed by atoms with Gasteiger partial charge in [-0.1, -0.05) is 27.4 Å². The maximum Gasteiger partial charge on any atom is 0.330 e. The zero-order valence-corrected chi connectivity index (χ0v) is 14.9. The van der Waals surface area contributed by atoms with Gasteiger partial charge in [0.25, 0.3) is 0 Å². The normalized spacial score (nSPS) is 9.63. The van der Waals surface area contributed by atoms with Crippen LogP contribution < -0.4 is 0 Å². The number of carboxylic acids is 1. The highest BCUT2D eigenvalue weighted by atomic mass is 35.5. The third-order valence-electron chi connectivity index (χ3n) is 1.05. The highest BCUT2D eigenvalue weighted by Gasteiger charge is 2.15. The number of aliphatic carboxylic acids is 1. The second-order valence-electron chi connectivity index (χ2n) is 6.33. The monoisotopic (exact) mass is 296 g/mol. The Kier molecular flexibility index (Phi) is 19.6. The molecular weight excluding hydrogens is 264 g/mol. The SMILES string of the molecule is C=C(CC(C)(C)C)C(=O)O.CN(C)C.CN(C)C.Cl. The molecule has 5 heteroatoms. The van der Waals surface area contributed by atoms with E-state index in [1.807, 2.05) is 72.9 Å². The van der Waals surface area contributed by atoms with Gasteiger partial charge < -0.3 is 14.9 Å². The molecular formula is C14H33ClN2O2. The van der Waals surface area contributed by atoms with Crippen molar-refractivity contribution in [2.45, 2.75) is 27.2 Å². The Morgan fingerprint density at radius 2 is 1.21 bits per heavy atom. The summed E-state index contributed by atoms with van der Waals surface area (Å²) >= 11 is 0. The van der Waals surface area contributed by atoms with Crippen molar-refractivity contribution < 1.29 is 9.90 Å². The molecule has 0 aromatic rings. The molecule has 0 heterocycles. The van der Waals surface area contributed by atoms with E-state index >= 15 is 0 Å². The van der Waals surface area contributed by atoms with Crippen LogP contribution in [-0.2, 0) is 4.79 Å². The summed E-state index contributed by atoms with van der Waals surface area (Å²) in [5, 5.41) is 8.45. The number of carbonyl (C=O) groups is 1. The van der Waals surface area contributed by atoms with Gasteiger partial charge in [0.05, 0.1) is 0 Å². The zero-order valence-electron chi connectivity index (χ0n) is 14.1. The van der Waals surface area contributed by atoms with Gasteiger partial charge in [-0.2, -0.15) is 0 Å². The third-order valence-corrected chi connectivity index (χ3v) is 1.05. The van der Waals surface area contributed by atoms with Gasteiger partial charge in [-0.3, -0.25) is 0 Å². The molecule has 0 amide bonds. The predicted molar refractivity (Wildman–Crippen MR) is 87.3 cm³/mol. The lowest BCUT2D eigenvalue weighted by molar-refractivity contribution is -0.133. The quantitative estimate of drug-likeness (QED) is 0.796. The maximum atomic E-state index is 10.3. The Bertz CT molecular complexity index is 223. The van der Waals surface area contributed by atoms with E-state index in [1.165, 1.54) is 0 Å². The van der Waals surface area contributed by atoms with Crippen molar-refractivity contribution in [2.75, 3.05) is 42.3 Å². The van der Waals surface area contributed by atoms with Gasteiger partial charge in [-0.05, 0) is 54.1 Å². The van der Waals surface area contributed by atoms with Crippen molar-refractivity contribution in [3.05, 3.63) is 12.2 Å². The minimum Gasteiger partial charge on any atom is -0.478 e. The Hall–Kier alpha value is -0.580. The van der Waals surface area contributed by atoms with Crippen LogP contribution in [0.5, 0.6) is 0 Å². The summed E-state index contributed by atoms with van der Waals surface area (Å²) in [7, 11) is 12.0. The van der Waals surface area contributed by atoms with Crippen molar-refractivity contribution in [1.82, 2.24) is 9.80 Å². The average molecular weight is 297 g/mol. The molecule has 0 aromatic heterocycles. The van der Waals surface area contributed by atoms with Crippen LogP contribution in [0.4, 0.5) is 0 Å². The first-order valence-corrected chi connectivity index (χ1v) is 5.92. The predicted octanol–water partition coefficient (Wildman–Crippen LogP) is 2.84. The van der Waals surface area contributed by atoms with Gasteiger partial charge >= 0.3 is 5.97 Å². The van der Waals surface area contributed by atoms with E-state index in [4.69, 9.17) is 5.11 Å². The van der Waals surface area contributed by atoms with Gasteiger partial charge in [0.1, 0.15) is 0 Å². The molecule has 0 saturated heterocycles. The lowest BCUT2D eigenvalue weighted by Gasteiger charge is -2.17. The van der Waals surface area contributed by atoms with E-state index in [2.05, 4.69) is 6.58 Å². The summed E-state index contributed by atoms with van der Waals surface area (Å²) in [5.41, 5.74) is 0.308. The smallest absolute Gasteiger partial charge is 0.330 e. The number of hydrogen-bond acceptors (Lipinski definition) is 3. The molecule has 118 valence electrons. The van der Waals surface area contributed by atoms with E-state index in [9.17, 15) is 4.79 Å². The highest BCUT2D eigenvalue weighted by molar-refractivity contribution is 5.85. The summed E-state index contributed by atoms with van der Waals surface area (Å²) < 4.78 is 0. The van der Waals surface area contributed by atoms with Crippen LogP contribution in [0.1, 0.15) is 27.2 Å². The summed E-state index contributed by atoms with van der Waals surface area (Å²) in [4.78, 5) is 14.3. The summed E-state index contributed by atoms with van der Waals surface area (Å²) in [6.45, 7) is 9.40. The fraction of sp³-hybridized carbons (Fsp3) is 0.786. The van der Waals surface area contributed by atoms with E-state index in [1.54, 1.807) is 0 Å². The summed E-state index contributed by atoms with van der Waals surface area (Å²) in [6.07, 6.45) is 0.544. The van der Waals surface area contributed by atoms with Crippen LogP contribution in [0.15, 0.2) is 12.2 Å². The molecule has 19 heavy (non-hydrogen) atoms. The van der Waals surface area contributed by atoms with Crippen LogP contribution >= 0.6 is 12.4 Å². The van der Waals surface area contributed by atoms with Crippen molar-refractivity contribution in [3.8, 4) is 0 Å². The van der Waals surface area contributed by atoms with Crippen LogP contribution in [0.25, 0.3) is 0 Å².